The van der Waals surface area contributed by atoms with Crippen LogP contribution in [0.4, 0.5) is 5.82 Å². The Morgan fingerprint density at radius 1 is 1.37 bits per heavy atom. The lowest BCUT2D eigenvalue weighted by molar-refractivity contribution is 0.381. The van der Waals surface area contributed by atoms with Gasteiger partial charge in [-0.3, -0.25) is 0 Å². The van der Waals surface area contributed by atoms with Crippen molar-refractivity contribution in [2.75, 3.05) is 38.2 Å². The van der Waals surface area contributed by atoms with Crippen LogP contribution in [-0.4, -0.2) is 43.3 Å². The Kier molecular flexibility index (Phi) is 4.96. The molecule has 0 atom stereocenters. The molecule has 1 aliphatic rings. The minimum Gasteiger partial charge on any atom is -0.481 e. The summed E-state index contributed by atoms with van der Waals surface area (Å²) in [5.41, 5.74) is 0. The van der Waals surface area contributed by atoms with E-state index in [0.29, 0.717) is 5.88 Å². The van der Waals surface area contributed by atoms with Crippen molar-refractivity contribution < 1.29 is 4.74 Å². The quantitative estimate of drug-likeness (QED) is 0.876. The lowest BCUT2D eigenvalue weighted by Crippen LogP contribution is -2.37. The predicted molar refractivity (Wildman–Crippen MR) is 76.8 cm³/mol. The van der Waals surface area contributed by atoms with Crippen molar-refractivity contribution in [3.8, 4) is 5.88 Å². The van der Waals surface area contributed by atoms with Gasteiger partial charge >= 0.3 is 0 Å². The van der Waals surface area contributed by atoms with Gasteiger partial charge in [0.15, 0.2) is 0 Å². The molecule has 2 rings (SSSR count). The first-order valence-electron chi connectivity index (χ1n) is 7.08. The first kappa shape index (κ1) is 14.1. The van der Waals surface area contributed by atoms with E-state index in [0.717, 1.165) is 43.7 Å². The first-order chi connectivity index (χ1) is 9.22. The van der Waals surface area contributed by atoms with Crippen LogP contribution in [0.1, 0.15) is 25.6 Å². The highest BCUT2D eigenvalue weighted by atomic mass is 16.5. The lowest BCUT2D eigenvalue weighted by atomic mass is 9.97. The Labute approximate surface area is 115 Å². The van der Waals surface area contributed by atoms with Gasteiger partial charge in [0, 0.05) is 19.2 Å². The molecule has 5 heteroatoms. The van der Waals surface area contributed by atoms with Crippen LogP contribution in [0, 0.1) is 12.8 Å². The Morgan fingerprint density at radius 2 is 2.11 bits per heavy atom. The SMILES string of the molecule is CCNCC1CCN(c2cc(OC)nc(C)n2)CC1. The zero-order valence-electron chi connectivity index (χ0n) is 12.1. The molecule has 106 valence electrons. The van der Waals surface area contributed by atoms with Crippen molar-refractivity contribution in [3.05, 3.63) is 11.9 Å². The summed E-state index contributed by atoms with van der Waals surface area (Å²) in [5.74, 6) is 3.20. The van der Waals surface area contributed by atoms with Crippen molar-refractivity contribution in [1.82, 2.24) is 15.3 Å². The summed E-state index contributed by atoms with van der Waals surface area (Å²) in [4.78, 5) is 11.1. The molecule has 1 aromatic rings. The van der Waals surface area contributed by atoms with Gasteiger partial charge in [0.2, 0.25) is 5.88 Å². The van der Waals surface area contributed by atoms with Gasteiger partial charge in [0.25, 0.3) is 0 Å². The molecule has 1 aromatic heterocycles. The van der Waals surface area contributed by atoms with E-state index in [1.54, 1.807) is 7.11 Å². The zero-order chi connectivity index (χ0) is 13.7. The number of piperidine rings is 1. The maximum atomic E-state index is 5.21. The van der Waals surface area contributed by atoms with E-state index in [-0.39, 0.29) is 0 Å². The first-order valence-corrected chi connectivity index (χ1v) is 7.08. The molecule has 0 saturated carbocycles. The summed E-state index contributed by atoms with van der Waals surface area (Å²) in [6, 6.07) is 1.93. The number of aryl methyl sites for hydroxylation is 1. The highest BCUT2D eigenvalue weighted by Gasteiger charge is 2.20. The largest absolute Gasteiger partial charge is 0.481 e. The number of aromatic nitrogens is 2. The minimum absolute atomic E-state index is 0.650. The van der Waals surface area contributed by atoms with Crippen LogP contribution in [0.5, 0.6) is 5.88 Å². The summed E-state index contributed by atoms with van der Waals surface area (Å²) >= 11 is 0. The number of nitrogens with zero attached hydrogens (tertiary/aromatic N) is 3. The zero-order valence-corrected chi connectivity index (χ0v) is 12.1. The minimum atomic E-state index is 0.650. The van der Waals surface area contributed by atoms with Gasteiger partial charge < -0.3 is 15.0 Å². The summed E-state index contributed by atoms with van der Waals surface area (Å²) in [6.45, 7) is 8.39. The number of ether oxygens (including phenoxy) is 1. The number of anilines is 1. The van der Waals surface area contributed by atoms with E-state index in [9.17, 15) is 0 Å². The van der Waals surface area contributed by atoms with Crippen molar-refractivity contribution in [2.45, 2.75) is 26.7 Å². The lowest BCUT2D eigenvalue weighted by Gasteiger charge is -2.33. The third kappa shape index (κ3) is 3.80. The van der Waals surface area contributed by atoms with Crippen molar-refractivity contribution in [2.24, 2.45) is 5.92 Å². The number of rotatable bonds is 5. The molecule has 1 saturated heterocycles. The summed E-state index contributed by atoms with van der Waals surface area (Å²) < 4.78 is 5.21. The van der Waals surface area contributed by atoms with E-state index in [4.69, 9.17) is 4.74 Å². The molecule has 0 aromatic carbocycles. The normalized spacial score (nSPS) is 16.7. The molecule has 0 spiro atoms. The highest BCUT2D eigenvalue weighted by Crippen LogP contribution is 2.23. The molecule has 1 fully saturated rings. The van der Waals surface area contributed by atoms with E-state index >= 15 is 0 Å². The molecule has 1 aliphatic heterocycles. The van der Waals surface area contributed by atoms with Crippen LogP contribution in [-0.2, 0) is 0 Å². The number of nitrogens with one attached hydrogen (secondary N) is 1. The Morgan fingerprint density at radius 3 is 2.74 bits per heavy atom. The maximum Gasteiger partial charge on any atom is 0.218 e. The van der Waals surface area contributed by atoms with E-state index in [1.807, 2.05) is 13.0 Å². The van der Waals surface area contributed by atoms with Gasteiger partial charge in [-0.05, 0) is 38.8 Å². The number of hydrogen-bond donors (Lipinski definition) is 1. The maximum absolute atomic E-state index is 5.21. The fraction of sp³-hybridized carbons (Fsp3) is 0.714. The summed E-state index contributed by atoms with van der Waals surface area (Å²) in [6.07, 6.45) is 2.44. The van der Waals surface area contributed by atoms with Crippen LogP contribution < -0.4 is 15.0 Å². The number of methoxy groups -OCH3 is 1. The average molecular weight is 264 g/mol. The van der Waals surface area contributed by atoms with Gasteiger partial charge in [-0.15, -0.1) is 0 Å². The Bertz CT molecular complexity index is 402. The topological polar surface area (TPSA) is 50.3 Å². The summed E-state index contributed by atoms with van der Waals surface area (Å²) in [7, 11) is 1.65. The van der Waals surface area contributed by atoms with Crippen molar-refractivity contribution in [1.29, 1.82) is 0 Å². The molecule has 0 bridgehead atoms. The van der Waals surface area contributed by atoms with Crippen LogP contribution in [0.3, 0.4) is 0 Å². The van der Waals surface area contributed by atoms with Gasteiger partial charge in [0.1, 0.15) is 11.6 Å². The third-order valence-electron chi connectivity index (χ3n) is 3.63. The monoisotopic (exact) mass is 264 g/mol. The summed E-state index contributed by atoms with van der Waals surface area (Å²) in [5, 5.41) is 3.44. The molecular weight excluding hydrogens is 240 g/mol. The fourth-order valence-electron chi connectivity index (χ4n) is 2.51. The molecule has 1 N–H and O–H groups in total. The molecule has 0 unspecified atom stereocenters. The third-order valence-corrected chi connectivity index (χ3v) is 3.63. The second-order valence-electron chi connectivity index (χ2n) is 5.05. The van der Waals surface area contributed by atoms with Gasteiger partial charge in [-0.1, -0.05) is 6.92 Å². The van der Waals surface area contributed by atoms with Crippen LogP contribution in [0.25, 0.3) is 0 Å². The number of hydrogen-bond acceptors (Lipinski definition) is 5. The molecule has 5 nitrogen and oxygen atoms in total. The second-order valence-corrected chi connectivity index (χ2v) is 5.05. The molecule has 19 heavy (non-hydrogen) atoms. The highest BCUT2D eigenvalue weighted by molar-refractivity contribution is 5.42. The molecule has 2 heterocycles. The molecular formula is C14H24N4O. The Balaban J connectivity index is 1.95. The van der Waals surface area contributed by atoms with Gasteiger partial charge in [0.05, 0.1) is 7.11 Å². The standard InChI is InChI=1S/C14H24N4O/c1-4-15-10-12-5-7-18(8-6-12)13-9-14(19-3)17-11(2)16-13/h9,12,15H,4-8,10H2,1-3H3. The van der Waals surface area contributed by atoms with Crippen LogP contribution in [0.15, 0.2) is 6.07 Å². The van der Waals surface area contributed by atoms with Crippen molar-refractivity contribution >= 4 is 5.82 Å². The fourth-order valence-corrected chi connectivity index (χ4v) is 2.51. The van der Waals surface area contributed by atoms with E-state index < -0.39 is 0 Å². The smallest absolute Gasteiger partial charge is 0.218 e. The second kappa shape index (κ2) is 6.70. The van der Waals surface area contributed by atoms with Crippen LogP contribution >= 0.6 is 0 Å². The molecule has 0 radical (unpaired) electrons. The van der Waals surface area contributed by atoms with Gasteiger partial charge in [-0.25, -0.2) is 4.98 Å². The predicted octanol–water partition coefficient (Wildman–Crippen LogP) is 1.62. The van der Waals surface area contributed by atoms with Crippen LogP contribution in [0.2, 0.25) is 0 Å². The Hall–Kier alpha value is -1.36. The molecule has 0 amide bonds. The van der Waals surface area contributed by atoms with Crippen molar-refractivity contribution in [3.63, 3.8) is 0 Å². The van der Waals surface area contributed by atoms with E-state index in [1.165, 1.54) is 12.8 Å². The molecule has 0 aliphatic carbocycles. The average Bonchev–Trinajstić information content (AvgIpc) is 2.45. The van der Waals surface area contributed by atoms with Gasteiger partial charge in [-0.2, -0.15) is 4.98 Å². The van der Waals surface area contributed by atoms with E-state index in [2.05, 4.69) is 27.1 Å².